The van der Waals surface area contributed by atoms with Gasteiger partial charge in [-0.15, -0.1) is 0 Å². The van der Waals surface area contributed by atoms with Crippen molar-refractivity contribution in [2.75, 3.05) is 6.54 Å². The maximum absolute atomic E-state index is 12.4. The number of carbonyl (C=O) groups is 1. The van der Waals surface area contributed by atoms with Gasteiger partial charge in [0.1, 0.15) is 5.15 Å². The zero-order valence-corrected chi connectivity index (χ0v) is 19.1. The Labute approximate surface area is 182 Å². The Morgan fingerprint density at radius 2 is 1.90 bits per heavy atom. The first kappa shape index (κ1) is 23.1. The van der Waals surface area contributed by atoms with Crippen LogP contribution in [0.5, 0.6) is 0 Å². The van der Waals surface area contributed by atoms with Gasteiger partial charge in [-0.05, 0) is 51.5 Å². The number of benzene rings is 1. The summed E-state index contributed by atoms with van der Waals surface area (Å²) in [6, 6.07) is 9.33. The summed E-state index contributed by atoms with van der Waals surface area (Å²) in [6.07, 6.45) is 0. The van der Waals surface area contributed by atoms with E-state index < -0.39 is 0 Å². The fourth-order valence-corrected chi connectivity index (χ4v) is 3.08. The van der Waals surface area contributed by atoms with Crippen LogP contribution in [0.3, 0.4) is 0 Å². The van der Waals surface area contributed by atoms with E-state index in [0.717, 1.165) is 17.8 Å². The number of aromatic nitrogens is 1. The minimum Gasteiger partial charge on any atom is -0.357 e. The molecular weight excluding hydrogens is 409 g/mol. The molecule has 29 heavy (non-hydrogen) atoms. The summed E-state index contributed by atoms with van der Waals surface area (Å²) in [7, 11) is 1.86. The lowest BCUT2D eigenvalue weighted by Gasteiger charge is -2.20. The van der Waals surface area contributed by atoms with Crippen molar-refractivity contribution in [1.29, 1.82) is 0 Å². The third-order valence-corrected chi connectivity index (χ3v) is 4.94. The highest BCUT2D eigenvalue weighted by Gasteiger charge is 2.15. The fourth-order valence-electron chi connectivity index (χ4n) is 2.67. The number of nitrogens with zero attached hydrogens (tertiary/aromatic N) is 2. The second-order valence-electron chi connectivity index (χ2n) is 7.79. The molecule has 1 aromatic carbocycles. The molecule has 158 valence electrons. The Morgan fingerprint density at radius 3 is 2.48 bits per heavy atom. The molecule has 0 aliphatic heterocycles. The molecule has 0 saturated carbocycles. The third kappa shape index (κ3) is 6.98. The number of rotatable bonds is 6. The molecular formula is C21H29Cl2N5O. The van der Waals surface area contributed by atoms with Crippen LogP contribution in [-0.2, 0) is 20.1 Å². The first-order valence-electron chi connectivity index (χ1n) is 9.54. The highest BCUT2D eigenvalue weighted by molar-refractivity contribution is 6.41. The molecule has 0 radical (unpaired) electrons. The quantitative estimate of drug-likeness (QED) is 0.470. The summed E-state index contributed by atoms with van der Waals surface area (Å²) in [6.45, 7) is 9.59. The van der Waals surface area contributed by atoms with Gasteiger partial charge in [-0.25, -0.2) is 4.99 Å². The van der Waals surface area contributed by atoms with E-state index in [1.54, 1.807) is 6.07 Å². The number of hydrogen-bond donors (Lipinski definition) is 3. The van der Waals surface area contributed by atoms with Crippen LogP contribution >= 0.6 is 23.2 Å². The van der Waals surface area contributed by atoms with E-state index in [0.29, 0.717) is 34.8 Å². The van der Waals surface area contributed by atoms with Crippen LogP contribution in [0.15, 0.2) is 35.3 Å². The molecule has 0 aliphatic carbocycles. The Bertz CT molecular complexity index is 884. The predicted octanol–water partition coefficient (Wildman–Crippen LogP) is 4.12. The number of guanidine groups is 1. The first-order valence-corrected chi connectivity index (χ1v) is 10.3. The topological polar surface area (TPSA) is 70.4 Å². The Balaban J connectivity index is 2.07. The summed E-state index contributed by atoms with van der Waals surface area (Å²) in [5.74, 6) is 0.580. The van der Waals surface area contributed by atoms with E-state index in [4.69, 9.17) is 23.2 Å². The number of halogens is 2. The number of carbonyl (C=O) groups excluding carboxylic acids is 1. The maximum atomic E-state index is 12.4. The zero-order chi connectivity index (χ0) is 21.6. The standard InChI is InChI=1S/C21H29Cl2N5O/c1-6-24-20(26-13-16-11-17(22)18(23)28(16)5)25-12-14-8-7-9-15(10-14)19(29)27-21(2,3)4/h7-11H,6,12-13H2,1-5H3,(H,27,29)(H2,24,25,26). The molecule has 8 heteroatoms. The van der Waals surface area contributed by atoms with Gasteiger partial charge in [-0.2, -0.15) is 0 Å². The second kappa shape index (κ2) is 10.0. The monoisotopic (exact) mass is 437 g/mol. The van der Waals surface area contributed by atoms with Crippen LogP contribution in [0.4, 0.5) is 0 Å². The van der Waals surface area contributed by atoms with E-state index in [-0.39, 0.29) is 11.4 Å². The minimum absolute atomic E-state index is 0.0918. The van der Waals surface area contributed by atoms with Crippen LogP contribution in [0.25, 0.3) is 0 Å². The number of hydrogen-bond acceptors (Lipinski definition) is 2. The molecule has 0 fully saturated rings. The van der Waals surface area contributed by atoms with Crippen molar-refractivity contribution < 1.29 is 4.79 Å². The van der Waals surface area contributed by atoms with Crippen molar-refractivity contribution in [3.63, 3.8) is 0 Å². The summed E-state index contributed by atoms with van der Waals surface area (Å²) in [4.78, 5) is 17.0. The third-order valence-electron chi connectivity index (χ3n) is 4.09. The molecule has 1 amide bonds. The van der Waals surface area contributed by atoms with Crippen LogP contribution in [0.2, 0.25) is 10.2 Å². The van der Waals surface area contributed by atoms with Gasteiger partial charge in [0.2, 0.25) is 0 Å². The SMILES string of the molecule is CCNC(=NCc1cccc(C(=O)NC(C)(C)C)c1)NCc1cc(Cl)c(Cl)n1C. The molecule has 0 saturated heterocycles. The largest absolute Gasteiger partial charge is 0.357 e. The molecule has 0 atom stereocenters. The van der Waals surface area contributed by atoms with Gasteiger partial charge in [0.25, 0.3) is 5.91 Å². The van der Waals surface area contributed by atoms with Gasteiger partial charge in [0.15, 0.2) is 5.96 Å². The van der Waals surface area contributed by atoms with Crippen molar-refractivity contribution in [3.8, 4) is 0 Å². The summed E-state index contributed by atoms with van der Waals surface area (Å²) in [5.41, 5.74) is 2.25. The molecule has 6 nitrogen and oxygen atoms in total. The molecule has 2 rings (SSSR count). The average molecular weight is 438 g/mol. The normalized spacial score (nSPS) is 12.0. The Kier molecular flexibility index (Phi) is 7.99. The van der Waals surface area contributed by atoms with Crippen LogP contribution in [-0.4, -0.2) is 28.5 Å². The Hall–Kier alpha value is -2.18. The molecule has 0 aliphatic rings. The highest BCUT2D eigenvalue weighted by atomic mass is 35.5. The van der Waals surface area contributed by atoms with E-state index in [2.05, 4.69) is 20.9 Å². The molecule has 0 bridgehead atoms. The van der Waals surface area contributed by atoms with Gasteiger partial charge in [-0.3, -0.25) is 4.79 Å². The molecule has 3 N–H and O–H groups in total. The second-order valence-corrected chi connectivity index (χ2v) is 8.55. The smallest absolute Gasteiger partial charge is 0.251 e. The van der Waals surface area contributed by atoms with E-state index in [9.17, 15) is 4.79 Å². The van der Waals surface area contributed by atoms with E-state index in [1.165, 1.54) is 0 Å². The summed E-state index contributed by atoms with van der Waals surface area (Å²) >= 11 is 12.2. The first-order chi connectivity index (χ1) is 13.6. The van der Waals surface area contributed by atoms with Gasteiger partial charge in [0, 0.05) is 30.4 Å². The van der Waals surface area contributed by atoms with Crippen molar-refractivity contribution in [2.45, 2.75) is 46.3 Å². The lowest BCUT2D eigenvalue weighted by atomic mass is 10.1. The number of aliphatic imine (C=N–C) groups is 1. The summed E-state index contributed by atoms with van der Waals surface area (Å²) in [5, 5.41) is 10.5. The molecule has 0 spiro atoms. The van der Waals surface area contributed by atoms with E-state index >= 15 is 0 Å². The molecule has 0 unspecified atom stereocenters. The molecule has 1 aromatic heterocycles. The van der Waals surface area contributed by atoms with Crippen LogP contribution in [0.1, 0.15) is 49.3 Å². The van der Waals surface area contributed by atoms with Gasteiger partial charge < -0.3 is 20.5 Å². The van der Waals surface area contributed by atoms with Gasteiger partial charge in [-0.1, -0.05) is 35.3 Å². The lowest BCUT2D eigenvalue weighted by molar-refractivity contribution is 0.0919. The van der Waals surface area contributed by atoms with E-state index in [1.807, 2.05) is 63.6 Å². The van der Waals surface area contributed by atoms with Gasteiger partial charge in [0.05, 0.1) is 18.1 Å². The zero-order valence-electron chi connectivity index (χ0n) is 17.6. The fraction of sp³-hybridized carbons (Fsp3) is 0.429. The Morgan fingerprint density at radius 1 is 1.17 bits per heavy atom. The highest BCUT2D eigenvalue weighted by Crippen LogP contribution is 2.24. The van der Waals surface area contributed by atoms with Crippen molar-refractivity contribution in [1.82, 2.24) is 20.5 Å². The van der Waals surface area contributed by atoms with Crippen molar-refractivity contribution in [2.24, 2.45) is 12.0 Å². The van der Waals surface area contributed by atoms with Crippen LogP contribution in [0, 0.1) is 0 Å². The number of nitrogens with one attached hydrogen (secondary N) is 3. The lowest BCUT2D eigenvalue weighted by Crippen LogP contribution is -2.40. The predicted molar refractivity (Wildman–Crippen MR) is 121 cm³/mol. The number of amides is 1. The van der Waals surface area contributed by atoms with Gasteiger partial charge >= 0.3 is 0 Å². The van der Waals surface area contributed by atoms with Crippen molar-refractivity contribution in [3.05, 3.63) is 57.3 Å². The molecule has 1 heterocycles. The molecule has 2 aromatic rings. The minimum atomic E-state index is -0.282. The average Bonchev–Trinajstić information content (AvgIpc) is 2.89. The van der Waals surface area contributed by atoms with Crippen molar-refractivity contribution >= 4 is 35.1 Å². The maximum Gasteiger partial charge on any atom is 0.251 e. The van der Waals surface area contributed by atoms with Crippen LogP contribution < -0.4 is 16.0 Å². The summed E-state index contributed by atoms with van der Waals surface area (Å²) < 4.78 is 1.83.